The van der Waals surface area contributed by atoms with Crippen LogP contribution in [0.3, 0.4) is 0 Å². The van der Waals surface area contributed by atoms with Crippen LogP contribution in [0.1, 0.15) is 22.6 Å². The topological polar surface area (TPSA) is 89.5 Å². The summed E-state index contributed by atoms with van der Waals surface area (Å²) >= 11 is 0. The lowest BCUT2D eigenvalue weighted by molar-refractivity contribution is -0.158. The van der Waals surface area contributed by atoms with Crippen molar-refractivity contribution in [2.75, 3.05) is 42.7 Å². The zero-order valence-electron chi connectivity index (χ0n) is 19.1. The van der Waals surface area contributed by atoms with Crippen LogP contribution in [-0.4, -0.2) is 54.6 Å². The number of ether oxygens (including phenoxy) is 6. The summed E-state index contributed by atoms with van der Waals surface area (Å²) in [5, 5.41) is 0. The first-order valence-corrected chi connectivity index (χ1v) is 10.1. The summed E-state index contributed by atoms with van der Waals surface area (Å²) < 4.78 is 32.0. The SMILES string of the molecule is COC(=O)[C@H]1[C@H](c2ccc(OC)c(OC)c2)c2cc(OC)c(OC)cc2C[C@@H]1C(=O)OC. The molecule has 172 valence electrons. The number of benzene rings is 2. The van der Waals surface area contributed by atoms with Crippen LogP contribution in [0.2, 0.25) is 0 Å². The molecule has 2 aromatic rings. The van der Waals surface area contributed by atoms with Crippen LogP contribution in [0.25, 0.3) is 0 Å². The van der Waals surface area contributed by atoms with Gasteiger partial charge in [0.2, 0.25) is 0 Å². The molecule has 0 amide bonds. The number of rotatable bonds is 7. The fourth-order valence-corrected chi connectivity index (χ4v) is 4.44. The predicted molar refractivity (Wildman–Crippen MR) is 116 cm³/mol. The van der Waals surface area contributed by atoms with Crippen molar-refractivity contribution in [2.45, 2.75) is 12.3 Å². The first-order valence-electron chi connectivity index (χ1n) is 10.1. The standard InChI is InChI=1S/C24H28O8/c1-27-17-8-7-13(10-18(17)28-2)21-15-12-20(30-4)19(29-3)11-14(15)9-16(23(25)31-5)22(21)24(26)32-6/h7-8,10-12,16,21-22H,9H2,1-6H3/t16-,21+,22+/m0/s1. The summed E-state index contributed by atoms with van der Waals surface area (Å²) in [6, 6.07) is 9.11. The van der Waals surface area contributed by atoms with Gasteiger partial charge in [0.05, 0.1) is 54.5 Å². The molecule has 2 aromatic carbocycles. The molecule has 1 aliphatic rings. The third kappa shape index (κ3) is 4.04. The highest BCUT2D eigenvalue weighted by Gasteiger charge is 2.47. The summed E-state index contributed by atoms with van der Waals surface area (Å²) in [7, 11) is 8.81. The maximum absolute atomic E-state index is 13.0. The van der Waals surface area contributed by atoms with Crippen molar-refractivity contribution in [1.29, 1.82) is 0 Å². The van der Waals surface area contributed by atoms with Crippen molar-refractivity contribution in [1.82, 2.24) is 0 Å². The van der Waals surface area contributed by atoms with Crippen LogP contribution in [0, 0.1) is 11.8 Å². The number of hydrogen-bond acceptors (Lipinski definition) is 8. The van der Waals surface area contributed by atoms with Gasteiger partial charge >= 0.3 is 11.9 Å². The average molecular weight is 444 g/mol. The van der Waals surface area contributed by atoms with E-state index in [2.05, 4.69) is 0 Å². The molecule has 0 saturated carbocycles. The van der Waals surface area contributed by atoms with E-state index in [0.717, 1.165) is 16.7 Å². The molecule has 1 aliphatic carbocycles. The number of esters is 2. The first-order chi connectivity index (χ1) is 15.4. The van der Waals surface area contributed by atoms with E-state index in [9.17, 15) is 9.59 Å². The van der Waals surface area contributed by atoms with E-state index in [4.69, 9.17) is 28.4 Å². The van der Waals surface area contributed by atoms with Crippen molar-refractivity contribution < 1.29 is 38.0 Å². The molecule has 0 saturated heterocycles. The Bertz CT molecular complexity index is 1000. The van der Waals surface area contributed by atoms with Gasteiger partial charge in [0.15, 0.2) is 23.0 Å². The monoisotopic (exact) mass is 444 g/mol. The van der Waals surface area contributed by atoms with Crippen molar-refractivity contribution in [2.24, 2.45) is 11.8 Å². The molecule has 0 fully saturated rings. The van der Waals surface area contributed by atoms with Crippen LogP contribution in [0.4, 0.5) is 0 Å². The Kier molecular flexibility index (Phi) is 7.12. The zero-order valence-corrected chi connectivity index (χ0v) is 19.1. The van der Waals surface area contributed by atoms with Crippen molar-refractivity contribution in [3.8, 4) is 23.0 Å². The van der Waals surface area contributed by atoms with Crippen LogP contribution in [-0.2, 0) is 25.5 Å². The minimum Gasteiger partial charge on any atom is -0.493 e. The van der Waals surface area contributed by atoms with E-state index < -0.39 is 29.7 Å². The Balaban J connectivity index is 2.30. The van der Waals surface area contributed by atoms with Gasteiger partial charge in [0.1, 0.15) is 0 Å². The smallest absolute Gasteiger partial charge is 0.310 e. The molecule has 32 heavy (non-hydrogen) atoms. The molecule has 0 bridgehead atoms. The van der Waals surface area contributed by atoms with Crippen molar-refractivity contribution in [3.63, 3.8) is 0 Å². The van der Waals surface area contributed by atoms with Gasteiger partial charge in [-0.15, -0.1) is 0 Å². The summed E-state index contributed by atoms with van der Waals surface area (Å²) in [6.07, 6.45) is 0.298. The second-order valence-corrected chi connectivity index (χ2v) is 7.38. The molecule has 3 atom stereocenters. The Morgan fingerprint density at radius 2 is 1.28 bits per heavy atom. The van der Waals surface area contributed by atoms with Gasteiger partial charge < -0.3 is 28.4 Å². The Hall–Kier alpha value is -3.42. The molecule has 8 heteroatoms. The zero-order chi connectivity index (χ0) is 23.4. The van der Waals surface area contributed by atoms with E-state index in [-0.39, 0.29) is 0 Å². The van der Waals surface area contributed by atoms with Gasteiger partial charge in [0.25, 0.3) is 0 Å². The van der Waals surface area contributed by atoms with E-state index in [1.54, 1.807) is 40.6 Å². The van der Waals surface area contributed by atoms with Crippen molar-refractivity contribution in [3.05, 3.63) is 47.0 Å². The summed E-state index contributed by atoms with van der Waals surface area (Å²) in [5.74, 6) is -0.919. The molecule has 0 aromatic heterocycles. The number of carbonyl (C=O) groups is 2. The molecule has 0 unspecified atom stereocenters. The number of carbonyl (C=O) groups excluding carboxylic acids is 2. The van der Waals surface area contributed by atoms with E-state index in [1.807, 2.05) is 18.2 Å². The Morgan fingerprint density at radius 3 is 1.84 bits per heavy atom. The van der Waals surface area contributed by atoms with Gasteiger partial charge in [-0.25, -0.2) is 0 Å². The maximum Gasteiger partial charge on any atom is 0.310 e. The van der Waals surface area contributed by atoms with Gasteiger partial charge in [-0.1, -0.05) is 6.07 Å². The highest BCUT2D eigenvalue weighted by molar-refractivity contribution is 5.85. The predicted octanol–water partition coefficient (Wildman–Crippen LogP) is 2.99. The van der Waals surface area contributed by atoms with Gasteiger partial charge in [-0.2, -0.15) is 0 Å². The van der Waals surface area contributed by atoms with E-state index in [1.165, 1.54) is 14.2 Å². The molecule has 8 nitrogen and oxygen atoms in total. The van der Waals surface area contributed by atoms with E-state index in [0.29, 0.717) is 29.4 Å². The van der Waals surface area contributed by atoms with Crippen LogP contribution < -0.4 is 18.9 Å². The fraction of sp³-hybridized carbons (Fsp3) is 0.417. The normalized spacial score (nSPS) is 19.4. The quantitative estimate of drug-likeness (QED) is 0.602. The lowest BCUT2D eigenvalue weighted by atomic mass is 9.66. The van der Waals surface area contributed by atoms with Crippen LogP contribution in [0.5, 0.6) is 23.0 Å². The second kappa shape index (κ2) is 9.80. The minimum atomic E-state index is -0.809. The maximum atomic E-state index is 13.0. The number of fused-ring (bicyclic) bond motifs is 1. The van der Waals surface area contributed by atoms with Crippen LogP contribution in [0.15, 0.2) is 30.3 Å². The molecule has 0 radical (unpaired) electrons. The second-order valence-electron chi connectivity index (χ2n) is 7.38. The third-order valence-corrected chi connectivity index (χ3v) is 5.96. The molecule has 0 heterocycles. The molecule has 0 spiro atoms. The number of hydrogen-bond donors (Lipinski definition) is 0. The highest BCUT2D eigenvalue weighted by atomic mass is 16.5. The third-order valence-electron chi connectivity index (χ3n) is 5.96. The molecule has 0 aliphatic heterocycles. The van der Waals surface area contributed by atoms with Gasteiger partial charge in [-0.3, -0.25) is 9.59 Å². The fourth-order valence-electron chi connectivity index (χ4n) is 4.44. The number of methoxy groups -OCH3 is 6. The largest absolute Gasteiger partial charge is 0.493 e. The lowest BCUT2D eigenvalue weighted by Crippen LogP contribution is -2.41. The summed E-state index contributed by atoms with van der Waals surface area (Å²) in [6.45, 7) is 0. The Labute approximate surface area is 187 Å². The highest BCUT2D eigenvalue weighted by Crippen LogP contribution is 2.49. The van der Waals surface area contributed by atoms with Gasteiger partial charge in [-0.05, 0) is 47.4 Å². The molecular formula is C24H28O8. The minimum absolute atomic E-state index is 0.298. The van der Waals surface area contributed by atoms with E-state index >= 15 is 0 Å². The van der Waals surface area contributed by atoms with Gasteiger partial charge in [0, 0.05) is 5.92 Å². The molecule has 3 rings (SSSR count). The first kappa shape index (κ1) is 23.2. The Morgan fingerprint density at radius 1 is 0.719 bits per heavy atom. The summed E-state index contributed by atoms with van der Waals surface area (Å²) in [4.78, 5) is 25.8. The average Bonchev–Trinajstić information content (AvgIpc) is 2.84. The lowest BCUT2D eigenvalue weighted by Gasteiger charge is -2.37. The molecule has 0 N–H and O–H groups in total. The van der Waals surface area contributed by atoms with Crippen molar-refractivity contribution >= 4 is 11.9 Å². The molecular weight excluding hydrogens is 416 g/mol. The van der Waals surface area contributed by atoms with Crippen LogP contribution >= 0.6 is 0 Å². The summed E-state index contributed by atoms with van der Waals surface area (Å²) in [5.41, 5.74) is 2.46.